The van der Waals surface area contributed by atoms with E-state index in [-0.39, 0.29) is 5.41 Å². The summed E-state index contributed by atoms with van der Waals surface area (Å²) in [6.45, 7) is 4.38. The Hall–Kier alpha value is -3.75. The highest BCUT2D eigenvalue weighted by atomic mass is 31.2. The Labute approximate surface area is 228 Å². The average Bonchev–Trinajstić information content (AvgIpc) is 3.16. The van der Waals surface area contributed by atoms with Gasteiger partial charge >= 0.3 is 7.60 Å². The number of benzene rings is 5. The molecule has 2 N–H and O–H groups in total. The number of hydrogen-bond acceptors (Lipinski definition) is 1. The molecule has 1 unspecified atom stereocenters. The highest BCUT2D eigenvalue weighted by molar-refractivity contribution is 7.52. The first-order valence-electron chi connectivity index (χ1n) is 13.4. The summed E-state index contributed by atoms with van der Waals surface area (Å²) < 4.78 is 12.2. The predicted molar refractivity (Wildman–Crippen MR) is 162 cm³/mol. The van der Waals surface area contributed by atoms with Crippen molar-refractivity contribution in [3.05, 3.63) is 126 Å². The zero-order chi connectivity index (χ0) is 26.9. The van der Waals surface area contributed by atoms with E-state index in [9.17, 15) is 14.4 Å². The topological polar surface area (TPSA) is 57.5 Å². The van der Waals surface area contributed by atoms with Crippen LogP contribution in [0.1, 0.15) is 31.4 Å². The number of rotatable bonds is 3. The predicted octanol–water partition coefficient (Wildman–Crippen LogP) is 8.88. The van der Waals surface area contributed by atoms with E-state index in [4.69, 9.17) is 0 Å². The van der Waals surface area contributed by atoms with Gasteiger partial charge in [0.1, 0.15) is 0 Å². The van der Waals surface area contributed by atoms with Gasteiger partial charge in [0.2, 0.25) is 0 Å². The molecule has 0 amide bonds. The molecular weight excluding hydrogens is 499 g/mol. The second-order valence-corrected chi connectivity index (χ2v) is 13.0. The first-order valence-corrected chi connectivity index (χ1v) is 15.0. The molecule has 0 saturated heterocycles. The maximum atomic E-state index is 12.2. The number of fused-ring (bicyclic) bond motifs is 4. The Morgan fingerprint density at radius 2 is 1.23 bits per heavy atom. The molecule has 3 nitrogen and oxygen atoms in total. The van der Waals surface area contributed by atoms with Gasteiger partial charge in [0.05, 0.1) is 5.66 Å². The van der Waals surface area contributed by atoms with Gasteiger partial charge < -0.3 is 9.79 Å². The van der Waals surface area contributed by atoms with Crippen LogP contribution in [0, 0.1) is 0 Å². The Kier molecular flexibility index (Phi) is 5.38. The molecule has 0 bridgehead atoms. The fourth-order valence-electron chi connectivity index (χ4n) is 6.73. The number of hydrogen-bond donors (Lipinski definition) is 2. The lowest BCUT2D eigenvalue weighted by atomic mass is 9.77. The molecule has 2 aliphatic rings. The van der Waals surface area contributed by atoms with Crippen molar-refractivity contribution in [3.63, 3.8) is 0 Å². The van der Waals surface area contributed by atoms with Crippen molar-refractivity contribution in [2.75, 3.05) is 0 Å². The van der Waals surface area contributed by atoms with E-state index in [1.807, 2.05) is 12.1 Å². The standard InChI is InChI=1S/C35H29O3P/c1-35(2)31-19-24(39(36,37)38)17-18-25(31)28-20-29-30(21-32(28)35)34(23-13-7-4-8-14-23)27-16-10-9-15-26(27)33(29)22-11-5-3-6-12-22/h3-18,20-21,24H,19H2,1-2H3,(H2,36,37,38). The van der Waals surface area contributed by atoms with Gasteiger partial charge in [-0.15, -0.1) is 0 Å². The van der Waals surface area contributed by atoms with Crippen LogP contribution in [-0.4, -0.2) is 15.4 Å². The Morgan fingerprint density at radius 1 is 0.718 bits per heavy atom. The summed E-state index contributed by atoms with van der Waals surface area (Å²) in [5.41, 5.74) is 8.24. The van der Waals surface area contributed by atoms with E-state index in [2.05, 4.69) is 105 Å². The molecular formula is C35H29O3P. The Morgan fingerprint density at radius 3 is 1.77 bits per heavy atom. The maximum absolute atomic E-state index is 12.2. The molecule has 7 rings (SSSR count). The van der Waals surface area contributed by atoms with E-state index >= 15 is 0 Å². The van der Waals surface area contributed by atoms with Crippen molar-refractivity contribution in [2.24, 2.45) is 0 Å². The minimum Gasteiger partial charge on any atom is -0.324 e. The zero-order valence-corrected chi connectivity index (χ0v) is 22.8. The second-order valence-electron chi connectivity index (χ2n) is 11.2. The molecule has 0 aromatic heterocycles. The van der Waals surface area contributed by atoms with E-state index in [0.717, 1.165) is 16.7 Å². The minimum absolute atomic E-state index is 0.344. The first kappa shape index (κ1) is 24.3. The molecule has 39 heavy (non-hydrogen) atoms. The summed E-state index contributed by atoms with van der Waals surface area (Å²) in [6, 6.07) is 34.5. The summed E-state index contributed by atoms with van der Waals surface area (Å²) in [5, 5.41) is 4.81. The molecule has 5 aromatic rings. The SMILES string of the molecule is CC1(C)C2=C(C=CC(P(=O)(O)O)C2)c2cc3c(-c4ccccc4)c4ccccc4c(-c4ccccc4)c3cc21. The second kappa shape index (κ2) is 8.63. The molecule has 0 spiro atoms. The molecule has 5 aromatic carbocycles. The Bertz CT molecular complexity index is 1890. The van der Waals surface area contributed by atoms with Crippen LogP contribution >= 0.6 is 7.60 Å². The lowest BCUT2D eigenvalue weighted by Crippen LogP contribution is -2.22. The third kappa shape index (κ3) is 3.69. The monoisotopic (exact) mass is 528 g/mol. The summed E-state index contributed by atoms with van der Waals surface area (Å²) in [7, 11) is -4.23. The first-order chi connectivity index (χ1) is 18.7. The van der Waals surface area contributed by atoms with Crippen LogP contribution in [0.5, 0.6) is 0 Å². The lowest BCUT2D eigenvalue weighted by Gasteiger charge is -2.29. The van der Waals surface area contributed by atoms with Gasteiger partial charge in [-0.3, -0.25) is 4.57 Å². The van der Waals surface area contributed by atoms with Crippen LogP contribution in [0.15, 0.2) is 115 Å². The lowest BCUT2D eigenvalue weighted by molar-refractivity contribution is 0.363. The van der Waals surface area contributed by atoms with Gasteiger partial charge in [0, 0.05) is 5.41 Å². The molecule has 1 atom stereocenters. The van der Waals surface area contributed by atoms with E-state index in [1.165, 1.54) is 49.4 Å². The van der Waals surface area contributed by atoms with Crippen molar-refractivity contribution in [1.82, 2.24) is 0 Å². The van der Waals surface area contributed by atoms with Crippen molar-refractivity contribution >= 4 is 34.7 Å². The summed E-state index contributed by atoms with van der Waals surface area (Å²) in [4.78, 5) is 19.9. The molecule has 192 valence electrons. The molecule has 0 saturated carbocycles. The van der Waals surface area contributed by atoms with E-state index < -0.39 is 13.3 Å². The van der Waals surface area contributed by atoms with E-state index in [1.54, 1.807) is 6.08 Å². The highest BCUT2D eigenvalue weighted by Gasteiger charge is 2.42. The Balaban J connectivity index is 1.61. The molecule has 0 fully saturated rings. The van der Waals surface area contributed by atoms with Crippen LogP contribution in [0.2, 0.25) is 0 Å². The number of allylic oxidation sites excluding steroid dienone is 4. The van der Waals surface area contributed by atoms with Gasteiger partial charge in [-0.05, 0) is 79.1 Å². The van der Waals surface area contributed by atoms with Crippen molar-refractivity contribution in [3.8, 4) is 22.3 Å². The molecule has 2 aliphatic carbocycles. The quantitative estimate of drug-likeness (QED) is 0.182. The van der Waals surface area contributed by atoms with Crippen LogP contribution in [0.4, 0.5) is 0 Å². The molecule has 0 radical (unpaired) electrons. The van der Waals surface area contributed by atoms with Gasteiger partial charge in [-0.2, -0.15) is 0 Å². The van der Waals surface area contributed by atoms with Gasteiger partial charge in [-0.1, -0.05) is 117 Å². The molecule has 0 heterocycles. The largest absolute Gasteiger partial charge is 0.332 e. The third-order valence-corrected chi connectivity index (χ3v) is 9.88. The fraction of sp³-hybridized carbons (Fsp3) is 0.143. The van der Waals surface area contributed by atoms with E-state index in [0.29, 0.717) is 6.42 Å². The van der Waals surface area contributed by atoms with Crippen molar-refractivity contribution < 1.29 is 14.4 Å². The van der Waals surface area contributed by atoms with Crippen LogP contribution in [0.25, 0.3) is 49.4 Å². The highest BCUT2D eigenvalue weighted by Crippen LogP contribution is 2.57. The normalized spacial score (nSPS) is 18.0. The fourth-order valence-corrected chi connectivity index (χ4v) is 7.46. The summed E-state index contributed by atoms with van der Waals surface area (Å²) >= 11 is 0. The molecule has 4 heteroatoms. The van der Waals surface area contributed by atoms with Crippen LogP contribution < -0.4 is 0 Å². The minimum atomic E-state index is -4.23. The van der Waals surface area contributed by atoms with Gasteiger partial charge in [-0.25, -0.2) is 0 Å². The third-order valence-electron chi connectivity index (χ3n) is 8.66. The summed E-state index contributed by atoms with van der Waals surface area (Å²) in [5.74, 6) is 0. The average molecular weight is 529 g/mol. The maximum Gasteiger partial charge on any atom is 0.332 e. The van der Waals surface area contributed by atoms with Crippen LogP contribution in [0.3, 0.4) is 0 Å². The summed E-state index contributed by atoms with van der Waals surface area (Å²) in [6.07, 6.45) is 4.03. The zero-order valence-electron chi connectivity index (χ0n) is 21.9. The molecule has 0 aliphatic heterocycles. The smallest absolute Gasteiger partial charge is 0.324 e. The van der Waals surface area contributed by atoms with Crippen molar-refractivity contribution in [1.29, 1.82) is 0 Å². The van der Waals surface area contributed by atoms with Gasteiger partial charge in [0.15, 0.2) is 0 Å². The van der Waals surface area contributed by atoms with Crippen molar-refractivity contribution in [2.45, 2.75) is 31.3 Å². The van der Waals surface area contributed by atoms with Gasteiger partial charge in [0.25, 0.3) is 0 Å². The van der Waals surface area contributed by atoms with Crippen LogP contribution in [-0.2, 0) is 9.98 Å².